The topological polar surface area (TPSA) is 67.6 Å². The Labute approximate surface area is 137 Å². The van der Waals surface area contributed by atoms with Crippen LogP contribution in [0.5, 0.6) is 5.75 Å². The molecular weight excluding hydrogens is 302 g/mol. The summed E-state index contributed by atoms with van der Waals surface area (Å²) in [5.41, 5.74) is 6.52. The maximum absolute atomic E-state index is 12.2. The number of anilines is 1. The van der Waals surface area contributed by atoms with Gasteiger partial charge >= 0.3 is 0 Å². The summed E-state index contributed by atoms with van der Waals surface area (Å²) >= 11 is 5.97. The van der Waals surface area contributed by atoms with Gasteiger partial charge in [0.1, 0.15) is 5.75 Å². The lowest BCUT2D eigenvalue weighted by molar-refractivity contribution is 0.0949. The second kappa shape index (κ2) is 9.54. The minimum Gasteiger partial charge on any atom is -0.496 e. The third kappa shape index (κ3) is 5.39. The Morgan fingerprint density at radius 1 is 1.32 bits per heavy atom. The second-order valence-corrected chi connectivity index (χ2v) is 5.47. The van der Waals surface area contributed by atoms with Crippen molar-refractivity contribution in [1.29, 1.82) is 0 Å². The van der Waals surface area contributed by atoms with E-state index in [1.165, 1.54) is 7.11 Å². The lowest BCUT2D eigenvalue weighted by Crippen LogP contribution is -2.27. The summed E-state index contributed by atoms with van der Waals surface area (Å²) in [6.07, 6.45) is 1.99. The number of benzene rings is 1. The van der Waals surface area contributed by atoms with Gasteiger partial charge in [0.05, 0.1) is 23.4 Å². The molecule has 0 atom stereocenters. The van der Waals surface area contributed by atoms with E-state index < -0.39 is 0 Å². The molecule has 1 aromatic rings. The van der Waals surface area contributed by atoms with Crippen LogP contribution in [0.1, 0.15) is 37.0 Å². The zero-order valence-corrected chi connectivity index (χ0v) is 14.4. The van der Waals surface area contributed by atoms with Crippen molar-refractivity contribution in [3.8, 4) is 5.75 Å². The highest BCUT2D eigenvalue weighted by Gasteiger charge is 2.14. The first kappa shape index (κ1) is 18.6. The van der Waals surface area contributed by atoms with Crippen LogP contribution in [0.4, 0.5) is 5.69 Å². The Morgan fingerprint density at radius 2 is 2.00 bits per heavy atom. The number of nitrogens with two attached hydrogens (primary N) is 1. The molecule has 0 aromatic heterocycles. The van der Waals surface area contributed by atoms with E-state index in [1.54, 1.807) is 12.1 Å². The van der Waals surface area contributed by atoms with Gasteiger partial charge in [-0.3, -0.25) is 4.79 Å². The first-order valence-corrected chi connectivity index (χ1v) is 8.04. The summed E-state index contributed by atoms with van der Waals surface area (Å²) in [7, 11) is 1.50. The van der Waals surface area contributed by atoms with Gasteiger partial charge in [0.15, 0.2) is 0 Å². The van der Waals surface area contributed by atoms with Crippen molar-refractivity contribution in [2.45, 2.75) is 26.7 Å². The number of nitrogens with one attached hydrogen (secondary N) is 1. The molecule has 0 radical (unpaired) electrons. The van der Waals surface area contributed by atoms with Gasteiger partial charge in [0, 0.05) is 12.6 Å². The van der Waals surface area contributed by atoms with Crippen molar-refractivity contribution in [3.05, 3.63) is 22.7 Å². The molecule has 22 heavy (non-hydrogen) atoms. The minimum atomic E-state index is -0.193. The molecule has 0 saturated heterocycles. The molecule has 0 aliphatic rings. The number of ether oxygens (including phenoxy) is 1. The Balaban J connectivity index is 2.47. The number of carbonyl (C=O) groups excluding carboxylic acids is 1. The molecule has 0 spiro atoms. The smallest absolute Gasteiger partial charge is 0.255 e. The minimum absolute atomic E-state index is 0.193. The van der Waals surface area contributed by atoms with Crippen molar-refractivity contribution in [2.75, 3.05) is 39.0 Å². The molecule has 0 saturated carbocycles. The van der Waals surface area contributed by atoms with Gasteiger partial charge in [-0.15, -0.1) is 0 Å². The van der Waals surface area contributed by atoms with Crippen molar-refractivity contribution >= 4 is 23.2 Å². The number of methoxy groups -OCH3 is 1. The van der Waals surface area contributed by atoms with Gasteiger partial charge in [0.25, 0.3) is 5.91 Å². The number of nitrogen functional groups attached to an aromatic ring is 1. The van der Waals surface area contributed by atoms with E-state index in [9.17, 15) is 4.79 Å². The van der Waals surface area contributed by atoms with Gasteiger partial charge in [-0.25, -0.2) is 0 Å². The summed E-state index contributed by atoms with van der Waals surface area (Å²) < 4.78 is 5.18. The standard InChI is InChI=1S/C16H26ClN3O2/c1-4-20(5-2)9-7-6-8-19-16(21)12-10-13(17)14(18)11-15(12)22-3/h10-11H,4-9,18H2,1-3H3,(H,19,21). The van der Waals surface area contributed by atoms with Gasteiger partial charge in [0.2, 0.25) is 0 Å². The van der Waals surface area contributed by atoms with E-state index in [0.29, 0.717) is 28.6 Å². The van der Waals surface area contributed by atoms with Crippen LogP contribution >= 0.6 is 11.6 Å². The fraction of sp³-hybridized carbons (Fsp3) is 0.562. The summed E-state index contributed by atoms with van der Waals surface area (Å²) in [5.74, 6) is 0.240. The molecule has 0 fully saturated rings. The van der Waals surface area contributed by atoms with Crippen molar-refractivity contribution < 1.29 is 9.53 Å². The monoisotopic (exact) mass is 327 g/mol. The quantitative estimate of drug-likeness (QED) is 0.540. The van der Waals surface area contributed by atoms with Crippen LogP contribution in [-0.4, -0.2) is 44.1 Å². The summed E-state index contributed by atoms with van der Waals surface area (Å²) in [5, 5.41) is 3.25. The predicted molar refractivity (Wildman–Crippen MR) is 91.8 cm³/mol. The van der Waals surface area contributed by atoms with Crippen LogP contribution in [0.3, 0.4) is 0 Å². The van der Waals surface area contributed by atoms with Gasteiger partial charge < -0.3 is 20.7 Å². The van der Waals surface area contributed by atoms with Crippen molar-refractivity contribution in [2.24, 2.45) is 0 Å². The number of amides is 1. The highest BCUT2D eigenvalue weighted by atomic mass is 35.5. The molecule has 0 heterocycles. The Morgan fingerprint density at radius 3 is 2.59 bits per heavy atom. The third-order valence-corrected chi connectivity index (χ3v) is 3.97. The normalized spacial score (nSPS) is 10.8. The summed E-state index contributed by atoms with van der Waals surface area (Å²) in [4.78, 5) is 14.6. The number of unbranched alkanes of at least 4 members (excludes halogenated alkanes) is 1. The molecule has 1 amide bonds. The molecule has 0 bridgehead atoms. The fourth-order valence-corrected chi connectivity index (χ4v) is 2.38. The van der Waals surface area contributed by atoms with Gasteiger partial charge in [-0.05, 0) is 38.5 Å². The zero-order chi connectivity index (χ0) is 16.5. The molecule has 6 heteroatoms. The number of hydrogen-bond donors (Lipinski definition) is 2. The molecule has 0 aliphatic heterocycles. The average Bonchev–Trinajstić information content (AvgIpc) is 2.52. The van der Waals surface area contributed by atoms with Gasteiger partial charge in [-0.1, -0.05) is 25.4 Å². The third-order valence-electron chi connectivity index (χ3n) is 3.64. The first-order chi connectivity index (χ1) is 10.5. The van der Waals surface area contributed by atoms with E-state index in [0.717, 1.165) is 32.5 Å². The number of nitrogens with zero attached hydrogens (tertiary/aromatic N) is 1. The van der Waals surface area contributed by atoms with E-state index in [-0.39, 0.29) is 5.91 Å². The lowest BCUT2D eigenvalue weighted by Gasteiger charge is -2.17. The number of carbonyl (C=O) groups is 1. The predicted octanol–water partition coefficient (Wildman–Crippen LogP) is 2.78. The highest BCUT2D eigenvalue weighted by molar-refractivity contribution is 6.33. The summed E-state index contributed by atoms with van der Waals surface area (Å²) in [6, 6.07) is 3.11. The van der Waals surface area contributed by atoms with E-state index in [1.807, 2.05) is 0 Å². The van der Waals surface area contributed by atoms with Crippen LogP contribution < -0.4 is 15.8 Å². The lowest BCUT2D eigenvalue weighted by atomic mass is 10.1. The van der Waals surface area contributed by atoms with E-state index in [2.05, 4.69) is 24.1 Å². The first-order valence-electron chi connectivity index (χ1n) is 7.67. The molecule has 1 rings (SSSR count). The highest BCUT2D eigenvalue weighted by Crippen LogP contribution is 2.28. The number of rotatable bonds is 9. The molecule has 124 valence electrons. The Bertz CT molecular complexity index is 491. The molecule has 3 N–H and O–H groups in total. The Kier molecular flexibility index (Phi) is 8.06. The number of hydrogen-bond acceptors (Lipinski definition) is 4. The molecule has 0 aliphatic carbocycles. The summed E-state index contributed by atoms with van der Waals surface area (Å²) in [6.45, 7) is 8.12. The Hall–Kier alpha value is -1.46. The van der Waals surface area contributed by atoms with Gasteiger partial charge in [-0.2, -0.15) is 0 Å². The van der Waals surface area contributed by atoms with Crippen LogP contribution in [0.15, 0.2) is 12.1 Å². The van der Waals surface area contributed by atoms with Crippen molar-refractivity contribution in [3.63, 3.8) is 0 Å². The van der Waals surface area contributed by atoms with Crippen molar-refractivity contribution in [1.82, 2.24) is 10.2 Å². The maximum atomic E-state index is 12.2. The van der Waals surface area contributed by atoms with Crippen LogP contribution in [0.25, 0.3) is 0 Å². The van der Waals surface area contributed by atoms with E-state index >= 15 is 0 Å². The molecule has 5 nitrogen and oxygen atoms in total. The van der Waals surface area contributed by atoms with Crippen LogP contribution in [0, 0.1) is 0 Å². The van der Waals surface area contributed by atoms with Crippen LogP contribution in [0.2, 0.25) is 5.02 Å². The fourth-order valence-electron chi connectivity index (χ4n) is 2.21. The van der Waals surface area contributed by atoms with Crippen LogP contribution in [-0.2, 0) is 0 Å². The molecule has 0 unspecified atom stereocenters. The average molecular weight is 328 g/mol. The second-order valence-electron chi connectivity index (χ2n) is 5.06. The van der Waals surface area contributed by atoms with E-state index in [4.69, 9.17) is 22.1 Å². The number of halogens is 1. The molecular formula is C16H26ClN3O2. The largest absolute Gasteiger partial charge is 0.496 e. The maximum Gasteiger partial charge on any atom is 0.255 e. The molecule has 1 aromatic carbocycles. The zero-order valence-electron chi connectivity index (χ0n) is 13.6. The SMILES string of the molecule is CCN(CC)CCCCNC(=O)c1cc(Cl)c(N)cc1OC.